The van der Waals surface area contributed by atoms with Crippen molar-refractivity contribution in [3.8, 4) is 0 Å². The van der Waals surface area contributed by atoms with Crippen LogP contribution < -0.4 is 11.1 Å². The van der Waals surface area contributed by atoms with Crippen molar-refractivity contribution in [2.75, 3.05) is 6.54 Å². The third-order valence-corrected chi connectivity index (χ3v) is 2.49. The summed E-state index contributed by atoms with van der Waals surface area (Å²) >= 11 is 5.72. The Labute approximate surface area is 101 Å². The smallest absolute Gasteiger partial charge is 0.268 e. The number of rotatable bonds is 5. The highest BCUT2D eigenvalue weighted by atomic mass is 35.5. The van der Waals surface area contributed by atoms with Crippen LogP contribution in [0.4, 0.5) is 0 Å². The molecule has 0 fully saturated rings. The fourth-order valence-corrected chi connectivity index (χ4v) is 1.71. The molecule has 1 rings (SSSR count). The molecule has 90 valence electrons. The molecule has 0 aliphatic carbocycles. The summed E-state index contributed by atoms with van der Waals surface area (Å²) in [4.78, 5) is 14.6. The van der Waals surface area contributed by atoms with Crippen LogP contribution in [0.15, 0.2) is 12.3 Å². The van der Waals surface area contributed by atoms with Gasteiger partial charge in [-0.1, -0.05) is 25.4 Å². The first-order chi connectivity index (χ1) is 7.52. The Bertz CT molecular complexity index is 349. The summed E-state index contributed by atoms with van der Waals surface area (Å²) in [6.07, 6.45) is 2.45. The van der Waals surface area contributed by atoms with E-state index in [1.165, 1.54) is 0 Å². The van der Waals surface area contributed by atoms with Gasteiger partial charge in [0.2, 0.25) is 0 Å². The van der Waals surface area contributed by atoms with Crippen molar-refractivity contribution in [2.45, 2.75) is 26.3 Å². The van der Waals surface area contributed by atoms with Gasteiger partial charge >= 0.3 is 0 Å². The Morgan fingerprint density at radius 1 is 1.62 bits per heavy atom. The molecular weight excluding hydrogens is 226 g/mol. The zero-order valence-corrected chi connectivity index (χ0v) is 10.3. The number of H-pyrrole nitrogens is 1. The van der Waals surface area contributed by atoms with E-state index in [-0.39, 0.29) is 11.9 Å². The summed E-state index contributed by atoms with van der Waals surface area (Å²) in [5.41, 5.74) is 6.07. The molecule has 5 heteroatoms. The highest BCUT2D eigenvalue weighted by Gasteiger charge is 2.14. The Balaban J connectivity index is 2.55. The molecule has 1 aromatic heterocycles. The average Bonchev–Trinajstić information content (AvgIpc) is 2.63. The van der Waals surface area contributed by atoms with E-state index in [0.29, 0.717) is 23.2 Å². The van der Waals surface area contributed by atoms with Gasteiger partial charge in [0.1, 0.15) is 5.69 Å². The molecule has 1 heterocycles. The van der Waals surface area contributed by atoms with E-state index in [2.05, 4.69) is 24.1 Å². The number of carbonyl (C=O) groups is 1. The second-order valence-corrected chi connectivity index (χ2v) is 4.70. The number of aromatic nitrogens is 1. The standard InChI is InChI=1S/C11H18ClN3O/c1-7(2)3-9(5-13)15-11(16)10-4-8(12)6-14-10/h4,6-7,9,14H,3,5,13H2,1-2H3,(H,15,16). The lowest BCUT2D eigenvalue weighted by molar-refractivity contribution is 0.0929. The maximum atomic E-state index is 11.8. The molecule has 0 saturated heterocycles. The van der Waals surface area contributed by atoms with Crippen molar-refractivity contribution in [3.63, 3.8) is 0 Å². The van der Waals surface area contributed by atoms with Gasteiger partial charge in [-0.15, -0.1) is 0 Å². The Morgan fingerprint density at radius 2 is 2.31 bits per heavy atom. The Kier molecular flexibility index (Phi) is 4.83. The molecule has 0 spiro atoms. The fourth-order valence-electron chi connectivity index (χ4n) is 1.55. The Hall–Kier alpha value is -1.00. The van der Waals surface area contributed by atoms with E-state index >= 15 is 0 Å². The van der Waals surface area contributed by atoms with E-state index in [1.54, 1.807) is 12.3 Å². The zero-order chi connectivity index (χ0) is 12.1. The second-order valence-electron chi connectivity index (χ2n) is 4.27. The summed E-state index contributed by atoms with van der Waals surface area (Å²) in [6, 6.07) is 1.61. The first-order valence-corrected chi connectivity index (χ1v) is 5.75. The minimum Gasteiger partial charge on any atom is -0.356 e. The lowest BCUT2D eigenvalue weighted by atomic mass is 10.0. The van der Waals surface area contributed by atoms with Crippen LogP contribution in [0.2, 0.25) is 5.02 Å². The second kappa shape index (κ2) is 5.92. The number of nitrogens with one attached hydrogen (secondary N) is 2. The predicted molar refractivity (Wildman–Crippen MR) is 65.6 cm³/mol. The third-order valence-electron chi connectivity index (χ3n) is 2.27. The highest BCUT2D eigenvalue weighted by molar-refractivity contribution is 6.30. The van der Waals surface area contributed by atoms with Gasteiger partial charge in [-0.25, -0.2) is 0 Å². The maximum Gasteiger partial charge on any atom is 0.268 e. The molecule has 1 amide bonds. The van der Waals surface area contributed by atoms with Crippen LogP contribution in [0.3, 0.4) is 0 Å². The van der Waals surface area contributed by atoms with Gasteiger partial charge in [-0.05, 0) is 18.4 Å². The van der Waals surface area contributed by atoms with Crippen LogP contribution >= 0.6 is 11.6 Å². The molecule has 0 radical (unpaired) electrons. The normalized spacial score (nSPS) is 12.8. The molecule has 1 unspecified atom stereocenters. The van der Waals surface area contributed by atoms with Crippen LogP contribution in [0.25, 0.3) is 0 Å². The van der Waals surface area contributed by atoms with Crippen LogP contribution in [-0.4, -0.2) is 23.5 Å². The number of amides is 1. The van der Waals surface area contributed by atoms with Crippen molar-refractivity contribution >= 4 is 17.5 Å². The summed E-state index contributed by atoms with van der Waals surface area (Å²) < 4.78 is 0. The topological polar surface area (TPSA) is 70.9 Å². The number of carbonyl (C=O) groups excluding carboxylic acids is 1. The van der Waals surface area contributed by atoms with Gasteiger partial charge in [0.25, 0.3) is 5.91 Å². The van der Waals surface area contributed by atoms with Gasteiger partial charge in [0.05, 0.1) is 5.02 Å². The van der Waals surface area contributed by atoms with Crippen molar-refractivity contribution in [3.05, 3.63) is 23.0 Å². The van der Waals surface area contributed by atoms with Gasteiger partial charge in [0, 0.05) is 18.8 Å². The monoisotopic (exact) mass is 243 g/mol. The number of hydrogen-bond donors (Lipinski definition) is 3. The van der Waals surface area contributed by atoms with Crippen LogP contribution in [0.1, 0.15) is 30.8 Å². The molecular formula is C11H18ClN3O. The SMILES string of the molecule is CC(C)CC(CN)NC(=O)c1cc(Cl)c[nH]1. The maximum absolute atomic E-state index is 11.8. The highest BCUT2D eigenvalue weighted by Crippen LogP contribution is 2.10. The van der Waals surface area contributed by atoms with Gasteiger partial charge in [-0.3, -0.25) is 4.79 Å². The largest absolute Gasteiger partial charge is 0.356 e. The summed E-state index contributed by atoms with van der Waals surface area (Å²) in [6.45, 7) is 4.64. The molecule has 0 saturated carbocycles. The van der Waals surface area contributed by atoms with Crippen LogP contribution in [0.5, 0.6) is 0 Å². The lowest BCUT2D eigenvalue weighted by Gasteiger charge is -2.18. The van der Waals surface area contributed by atoms with E-state index in [1.807, 2.05) is 0 Å². The van der Waals surface area contributed by atoms with Crippen LogP contribution in [-0.2, 0) is 0 Å². The molecule has 0 bridgehead atoms. The summed E-state index contributed by atoms with van der Waals surface area (Å²) in [5.74, 6) is 0.337. The van der Waals surface area contributed by atoms with Gasteiger partial charge in [0.15, 0.2) is 0 Å². The molecule has 16 heavy (non-hydrogen) atoms. The summed E-state index contributed by atoms with van der Waals surface area (Å²) in [5, 5.41) is 3.40. The molecule has 1 aromatic rings. The van der Waals surface area contributed by atoms with Crippen LogP contribution in [0, 0.1) is 5.92 Å². The Morgan fingerprint density at radius 3 is 2.75 bits per heavy atom. The van der Waals surface area contributed by atoms with Gasteiger partial charge < -0.3 is 16.0 Å². The summed E-state index contributed by atoms with van der Waals surface area (Å²) in [7, 11) is 0. The van der Waals surface area contributed by atoms with Crippen molar-refractivity contribution in [1.29, 1.82) is 0 Å². The number of hydrogen-bond acceptors (Lipinski definition) is 2. The van der Waals surface area contributed by atoms with E-state index in [4.69, 9.17) is 17.3 Å². The minimum absolute atomic E-state index is 0.00887. The first-order valence-electron chi connectivity index (χ1n) is 5.37. The quantitative estimate of drug-likeness (QED) is 0.738. The average molecular weight is 244 g/mol. The third kappa shape index (κ3) is 3.87. The molecule has 4 N–H and O–H groups in total. The number of nitrogens with two attached hydrogens (primary N) is 1. The molecule has 4 nitrogen and oxygen atoms in total. The molecule has 0 aliphatic rings. The van der Waals surface area contributed by atoms with E-state index in [9.17, 15) is 4.79 Å². The fraction of sp³-hybridized carbons (Fsp3) is 0.545. The number of aromatic amines is 1. The van der Waals surface area contributed by atoms with Crippen molar-refractivity contribution < 1.29 is 4.79 Å². The van der Waals surface area contributed by atoms with Crippen molar-refractivity contribution in [1.82, 2.24) is 10.3 Å². The van der Waals surface area contributed by atoms with Crippen molar-refractivity contribution in [2.24, 2.45) is 11.7 Å². The van der Waals surface area contributed by atoms with E-state index in [0.717, 1.165) is 6.42 Å². The molecule has 0 aliphatic heterocycles. The number of halogens is 1. The predicted octanol–water partition coefficient (Wildman–Crippen LogP) is 1.77. The first kappa shape index (κ1) is 13.1. The lowest BCUT2D eigenvalue weighted by Crippen LogP contribution is -2.41. The van der Waals surface area contributed by atoms with Gasteiger partial charge in [-0.2, -0.15) is 0 Å². The molecule has 1 atom stereocenters. The zero-order valence-electron chi connectivity index (χ0n) is 9.59. The molecule has 0 aromatic carbocycles. The van der Waals surface area contributed by atoms with E-state index < -0.39 is 0 Å². The minimum atomic E-state index is -0.164.